The zero-order chi connectivity index (χ0) is 10.6. The van der Waals surface area contributed by atoms with E-state index in [-0.39, 0.29) is 5.91 Å². The van der Waals surface area contributed by atoms with E-state index in [1.807, 2.05) is 6.26 Å². The van der Waals surface area contributed by atoms with Crippen molar-refractivity contribution in [3.05, 3.63) is 27.7 Å². The van der Waals surface area contributed by atoms with Gasteiger partial charge in [0.2, 0.25) is 5.91 Å². The molecule has 1 aromatic carbocycles. The lowest BCUT2D eigenvalue weighted by Crippen LogP contribution is -2.13. The maximum Gasteiger partial charge on any atom is 0.234 e. The van der Waals surface area contributed by atoms with Gasteiger partial charge in [0.1, 0.15) is 0 Å². The number of thioether (sulfide) groups is 1. The first-order valence-corrected chi connectivity index (χ1v) is 6.44. The number of nitrogens with one attached hydrogen (secondary N) is 1. The van der Waals surface area contributed by atoms with E-state index in [1.165, 1.54) is 11.8 Å². The smallest absolute Gasteiger partial charge is 0.234 e. The van der Waals surface area contributed by atoms with E-state index in [9.17, 15) is 4.79 Å². The van der Waals surface area contributed by atoms with E-state index in [1.54, 1.807) is 18.2 Å². The van der Waals surface area contributed by atoms with Crippen molar-refractivity contribution in [3.8, 4) is 0 Å². The zero-order valence-corrected chi connectivity index (χ0v) is 10.7. The Labute approximate surface area is 101 Å². The van der Waals surface area contributed by atoms with Crippen molar-refractivity contribution in [2.24, 2.45) is 0 Å². The standard InChI is InChI=1S/C9H9BrClNOS/c1-14-5-9(13)12-6-2-3-7(10)8(11)4-6/h2-4H,5H2,1H3,(H,12,13). The van der Waals surface area contributed by atoms with Crippen LogP contribution in [0, 0.1) is 0 Å². The lowest BCUT2D eigenvalue weighted by atomic mass is 10.3. The van der Waals surface area contributed by atoms with Gasteiger partial charge in [0.15, 0.2) is 0 Å². The number of anilines is 1. The first-order valence-electron chi connectivity index (χ1n) is 3.87. The Morgan fingerprint density at radius 1 is 1.64 bits per heavy atom. The molecule has 0 aliphatic rings. The molecule has 14 heavy (non-hydrogen) atoms. The summed E-state index contributed by atoms with van der Waals surface area (Å²) in [5, 5.41) is 3.34. The number of benzene rings is 1. The fraction of sp³-hybridized carbons (Fsp3) is 0.222. The van der Waals surface area contributed by atoms with Crippen LogP contribution in [0.3, 0.4) is 0 Å². The van der Waals surface area contributed by atoms with Crippen molar-refractivity contribution in [2.75, 3.05) is 17.3 Å². The van der Waals surface area contributed by atoms with Crippen molar-refractivity contribution in [1.29, 1.82) is 0 Å². The third-order valence-corrected chi connectivity index (χ3v) is 3.26. The molecule has 5 heteroatoms. The topological polar surface area (TPSA) is 29.1 Å². The SMILES string of the molecule is CSCC(=O)Nc1ccc(Br)c(Cl)c1. The molecule has 0 saturated heterocycles. The Morgan fingerprint density at radius 3 is 2.93 bits per heavy atom. The number of halogens is 2. The van der Waals surface area contributed by atoms with Gasteiger partial charge in [0.25, 0.3) is 0 Å². The molecule has 0 aliphatic carbocycles. The Hall–Kier alpha value is -0.190. The normalized spacial score (nSPS) is 9.93. The minimum atomic E-state index is -0.0177. The third-order valence-electron chi connectivity index (χ3n) is 1.48. The number of amides is 1. The summed E-state index contributed by atoms with van der Waals surface area (Å²) in [5.41, 5.74) is 0.720. The fourth-order valence-electron chi connectivity index (χ4n) is 0.902. The molecule has 0 heterocycles. The van der Waals surface area contributed by atoms with Crippen LogP contribution in [0.2, 0.25) is 5.02 Å². The molecule has 0 unspecified atom stereocenters. The second-order valence-electron chi connectivity index (χ2n) is 2.61. The summed E-state index contributed by atoms with van der Waals surface area (Å²) >= 11 is 10.6. The highest BCUT2D eigenvalue weighted by Gasteiger charge is 2.02. The van der Waals surface area contributed by atoms with Crippen LogP contribution in [-0.2, 0) is 4.79 Å². The van der Waals surface area contributed by atoms with Gasteiger partial charge in [-0.15, -0.1) is 0 Å². The molecule has 0 aliphatic heterocycles. The van der Waals surface area contributed by atoms with E-state index < -0.39 is 0 Å². The van der Waals surface area contributed by atoms with Gasteiger partial charge in [-0.2, -0.15) is 11.8 Å². The molecule has 1 rings (SSSR count). The number of carbonyl (C=O) groups excluding carboxylic acids is 1. The van der Waals surface area contributed by atoms with E-state index in [0.29, 0.717) is 10.8 Å². The fourth-order valence-corrected chi connectivity index (χ4v) is 1.66. The average Bonchev–Trinajstić information content (AvgIpc) is 2.12. The summed E-state index contributed by atoms with van der Waals surface area (Å²) in [6.45, 7) is 0. The Bertz CT molecular complexity index is 346. The van der Waals surface area contributed by atoms with Gasteiger partial charge in [0.05, 0.1) is 10.8 Å². The van der Waals surface area contributed by atoms with E-state index in [2.05, 4.69) is 21.2 Å². The van der Waals surface area contributed by atoms with Gasteiger partial charge in [-0.05, 0) is 40.4 Å². The van der Waals surface area contributed by atoms with Gasteiger partial charge in [-0.25, -0.2) is 0 Å². The van der Waals surface area contributed by atoms with Crippen molar-refractivity contribution in [3.63, 3.8) is 0 Å². The summed E-state index contributed by atoms with van der Waals surface area (Å²) < 4.78 is 0.821. The minimum absolute atomic E-state index is 0.0177. The van der Waals surface area contributed by atoms with Crippen LogP contribution in [0.4, 0.5) is 5.69 Å². The lowest BCUT2D eigenvalue weighted by molar-refractivity contribution is -0.113. The lowest BCUT2D eigenvalue weighted by Gasteiger charge is -2.04. The monoisotopic (exact) mass is 293 g/mol. The van der Waals surface area contributed by atoms with Crippen LogP contribution in [0.5, 0.6) is 0 Å². The van der Waals surface area contributed by atoms with Crippen LogP contribution in [-0.4, -0.2) is 17.9 Å². The second-order valence-corrected chi connectivity index (χ2v) is 4.74. The second kappa shape index (κ2) is 5.63. The molecule has 0 saturated carbocycles. The summed E-state index contributed by atoms with van der Waals surface area (Å²) in [5.74, 6) is 0.434. The predicted octanol–water partition coefficient (Wildman–Crippen LogP) is 3.40. The summed E-state index contributed by atoms with van der Waals surface area (Å²) in [7, 11) is 0. The van der Waals surface area contributed by atoms with Gasteiger partial charge in [0, 0.05) is 10.2 Å². The van der Waals surface area contributed by atoms with Gasteiger partial charge in [-0.3, -0.25) is 4.79 Å². The molecule has 0 fully saturated rings. The van der Waals surface area contributed by atoms with Gasteiger partial charge in [-0.1, -0.05) is 11.6 Å². The predicted molar refractivity (Wildman–Crippen MR) is 66.2 cm³/mol. The Kier molecular flexibility index (Phi) is 4.78. The first-order chi connectivity index (χ1) is 6.63. The van der Waals surface area contributed by atoms with Crippen molar-refractivity contribution < 1.29 is 4.79 Å². The molecule has 0 aromatic heterocycles. The summed E-state index contributed by atoms with van der Waals surface area (Å²) in [6.07, 6.45) is 1.88. The van der Waals surface area contributed by atoms with E-state index in [0.717, 1.165) is 10.2 Å². The number of rotatable bonds is 3. The van der Waals surface area contributed by atoms with Crippen LogP contribution in [0.15, 0.2) is 22.7 Å². The largest absolute Gasteiger partial charge is 0.325 e. The molecule has 0 bridgehead atoms. The van der Waals surface area contributed by atoms with Crippen molar-refractivity contribution >= 4 is 50.9 Å². The molecule has 1 amide bonds. The highest BCUT2D eigenvalue weighted by Crippen LogP contribution is 2.25. The van der Waals surface area contributed by atoms with Crippen molar-refractivity contribution in [2.45, 2.75) is 0 Å². The highest BCUT2D eigenvalue weighted by atomic mass is 79.9. The molecular weight excluding hydrogens is 286 g/mol. The Balaban J connectivity index is 2.68. The summed E-state index contributed by atoms with van der Waals surface area (Å²) in [6, 6.07) is 5.31. The summed E-state index contributed by atoms with van der Waals surface area (Å²) in [4.78, 5) is 11.2. The quantitative estimate of drug-likeness (QED) is 0.925. The van der Waals surface area contributed by atoms with Crippen molar-refractivity contribution in [1.82, 2.24) is 0 Å². The first kappa shape index (κ1) is 11.9. The molecule has 1 N–H and O–H groups in total. The molecule has 1 aromatic rings. The van der Waals surface area contributed by atoms with Gasteiger partial charge >= 0.3 is 0 Å². The maximum absolute atomic E-state index is 11.2. The number of hydrogen-bond donors (Lipinski definition) is 1. The molecule has 76 valence electrons. The number of carbonyl (C=O) groups is 1. The van der Waals surface area contributed by atoms with Crippen LogP contribution >= 0.6 is 39.3 Å². The average molecular weight is 295 g/mol. The zero-order valence-electron chi connectivity index (χ0n) is 7.51. The Morgan fingerprint density at radius 2 is 2.36 bits per heavy atom. The van der Waals surface area contributed by atoms with Crippen LogP contribution in [0.25, 0.3) is 0 Å². The maximum atomic E-state index is 11.2. The third kappa shape index (κ3) is 3.52. The highest BCUT2D eigenvalue weighted by molar-refractivity contribution is 9.10. The molecule has 0 atom stereocenters. The molecule has 2 nitrogen and oxygen atoms in total. The number of hydrogen-bond acceptors (Lipinski definition) is 2. The minimum Gasteiger partial charge on any atom is -0.325 e. The van der Waals surface area contributed by atoms with Gasteiger partial charge < -0.3 is 5.32 Å². The van der Waals surface area contributed by atoms with E-state index in [4.69, 9.17) is 11.6 Å². The van der Waals surface area contributed by atoms with Crippen LogP contribution < -0.4 is 5.32 Å². The van der Waals surface area contributed by atoms with E-state index >= 15 is 0 Å². The molecule has 0 spiro atoms. The van der Waals surface area contributed by atoms with Crippen LogP contribution in [0.1, 0.15) is 0 Å². The molecule has 0 radical (unpaired) electrons. The molecular formula is C9H9BrClNOS.